The molecule has 0 atom stereocenters. The number of hydrogen-bond donors (Lipinski definition) is 0. The molecule has 0 bridgehead atoms. The summed E-state index contributed by atoms with van der Waals surface area (Å²) in [6.07, 6.45) is 1.43. The number of fused-ring (bicyclic) bond motifs is 1. The van der Waals surface area contributed by atoms with Crippen molar-refractivity contribution in [3.63, 3.8) is 0 Å². The van der Waals surface area contributed by atoms with Crippen molar-refractivity contribution in [2.75, 3.05) is 24.7 Å². The van der Waals surface area contributed by atoms with E-state index in [1.54, 1.807) is 24.8 Å². The van der Waals surface area contributed by atoms with Crippen LogP contribution in [0, 0.1) is 13.8 Å². The fourth-order valence-corrected chi connectivity index (χ4v) is 2.76. The SMILES string of the molecule is CCOC(=O)c1cnc(C)c(C(=O)N2CCOc3cc(C)ccc32)c1. The quantitative estimate of drug-likeness (QED) is 0.804. The monoisotopic (exact) mass is 340 g/mol. The molecule has 0 N–H and O–H groups in total. The smallest absolute Gasteiger partial charge is 0.339 e. The van der Waals surface area contributed by atoms with E-state index in [4.69, 9.17) is 9.47 Å². The molecule has 1 aliphatic heterocycles. The van der Waals surface area contributed by atoms with E-state index in [9.17, 15) is 9.59 Å². The third kappa shape index (κ3) is 3.33. The van der Waals surface area contributed by atoms with Gasteiger partial charge in [-0.1, -0.05) is 6.07 Å². The van der Waals surface area contributed by atoms with Crippen LogP contribution in [0.25, 0.3) is 0 Å². The van der Waals surface area contributed by atoms with Crippen molar-refractivity contribution in [3.8, 4) is 5.75 Å². The number of aromatic nitrogens is 1. The number of amides is 1. The Hall–Kier alpha value is -2.89. The average molecular weight is 340 g/mol. The second-order valence-corrected chi connectivity index (χ2v) is 5.85. The first kappa shape index (κ1) is 17.0. The highest BCUT2D eigenvalue weighted by atomic mass is 16.5. The number of anilines is 1. The minimum Gasteiger partial charge on any atom is -0.490 e. The summed E-state index contributed by atoms with van der Waals surface area (Å²) < 4.78 is 10.7. The maximum absolute atomic E-state index is 13.1. The zero-order chi connectivity index (χ0) is 18.0. The summed E-state index contributed by atoms with van der Waals surface area (Å²) in [5.41, 5.74) is 3.02. The Morgan fingerprint density at radius 2 is 2.08 bits per heavy atom. The number of nitrogens with zero attached hydrogens (tertiary/aromatic N) is 2. The molecule has 1 amide bonds. The van der Waals surface area contributed by atoms with Crippen LogP contribution < -0.4 is 9.64 Å². The van der Waals surface area contributed by atoms with Gasteiger partial charge in [-0.3, -0.25) is 9.78 Å². The standard InChI is InChI=1S/C19H20N2O4/c1-4-24-19(23)14-10-15(13(3)20-11-14)18(22)21-7-8-25-17-9-12(2)5-6-16(17)21/h5-6,9-11H,4,7-8H2,1-3H3. The zero-order valence-electron chi connectivity index (χ0n) is 14.5. The van der Waals surface area contributed by atoms with E-state index in [1.807, 2.05) is 25.1 Å². The number of aryl methyl sites for hydroxylation is 2. The van der Waals surface area contributed by atoms with Crippen molar-refractivity contribution in [2.24, 2.45) is 0 Å². The number of rotatable bonds is 3. The van der Waals surface area contributed by atoms with Gasteiger partial charge in [-0.05, 0) is 44.5 Å². The second kappa shape index (κ2) is 6.93. The molecule has 1 aromatic heterocycles. The van der Waals surface area contributed by atoms with E-state index >= 15 is 0 Å². The normalized spacial score (nSPS) is 13.0. The molecule has 0 saturated carbocycles. The molecule has 6 heteroatoms. The van der Waals surface area contributed by atoms with Crippen LogP contribution >= 0.6 is 0 Å². The van der Waals surface area contributed by atoms with Crippen molar-refractivity contribution < 1.29 is 19.1 Å². The van der Waals surface area contributed by atoms with Crippen molar-refractivity contribution >= 4 is 17.6 Å². The Kier molecular flexibility index (Phi) is 4.70. The van der Waals surface area contributed by atoms with E-state index in [1.165, 1.54) is 6.20 Å². The number of ether oxygens (including phenoxy) is 2. The molecule has 2 heterocycles. The molecule has 1 aliphatic rings. The summed E-state index contributed by atoms with van der Waals surface area (Å²) in [4.78, 5) is 30.9. The number of esters is 1. The van der Waals surface area contributed by atoms with Gasteiger partial charge >= 0.3 is 5.97 Å². The van der Waals surface area contributed by atoms with Crippen LogP contribution in [0.4, 0.5) is 5.69 Å². The Morgan fingerprint density at radius 1 is 1.28 bits per heavy atom. The molecule has 0 fully saturated rings. The molecular weight excluding hydrogens is 320 g/mol. The second-order valence-electron chi connectivity index (χ2n) is 5.85. The van der Waals surface area contributed by atoms with Crippen LogP contribution in [0.2, 0.25) is 0 Å². The van der Waals surface area contributed by atoms with Crippen molar-refractivity contribution in [1.82, 2.24) is 4.98 Å². The van der Waals surface area contributed by atoms with Gasteiger partial charge in [0.2, 0.25) is 0 Å². The lowest BCUT2D eigenvalue weighted by molar-refractivity contribution is 0.0526. The van der Waals surface area contributed by atoms with Gasteiger partial charge < -0.3 is 14.4 Å². The summed E-state index contributed by atoms with van der Waals surface area (Å²) in [6.45, 7) is 6.59. The summed E-state index contributed by atoms with van der Waals surface area (Å²) in [5.74, 6) is -0.00152. The van der Waals surface area contributed by atoms with Crippen LogP contribution in [0.5, 0.6) is 5.75 Å². The number of carbonyl (C=O) groups excluding carboxylic acids is 2. The van der Waals surface area contributed by atoms with Gasteiger partial charge in [0.15, 0.2) is 0 Å². The molecule has 0 aliphatic carbocycles. The summed E-state index contributed by atoms with van der Waals surface area (Å²) in [7, 11) is 0. The predicted octanol–water partition coefficient (Wildman–Crippen LogP) is 2.91. The topological polar surface area (TPSA) is 68.7 Å². The molecule has 0 radical (unpaired) electrons. The number of pyridine rings is 1. The molecule has 3 rings (SSSR count). The van der Waals surface area contributed by atoms with E-state index < -0.39 is 5.97 Å². The fourth-order valence-electron chi connectivity index (χ4n) is 2.76. The van der Waals surface area contributed by atoms with Gasteiger partial charge in [0.25, 0.3) is 5.91 Å². The van der Waals surface area contributed by atoms with Crippen molar-refractivity contribution in [3.05, 3.63) is 52.8 Å². The van der Waals surface area contributed by atoms with Gasteiger partial charge in [-0.2, -0.15) is 0 Å². The van der Waals surface area contributed by atoms with Gasteiger partial charge in [-0.15, -0.1) is 0 Å². The van der Waals surface area contributed by atoms with Crippen molar-refractivity contribution in [1.29, 1.82) is 0 Å². The predicted molar refractivity (Wildman–Crippen MR) is 93.3 cm³/mol. The van der Waals surface area contributed by atoms with E-state index in [-0.39, 0.29) is 18.1 Å². The maximum atomic E-state index is 13.1. The summed E-state index contributed by atoms with van der Waals surface area (Å²) >= 11 is 0. The van der Waals surface area contributed by atoms with E-state index in [2.05, 4.69) is 4.98 Å². The molecular formula is C19H20N2O4. The largest absolute Gasteiger partial charge is 0.490 e. The fraction of sp³-hybridized carbons (Fsp3) is 0.316. The maximum Gasteiger partial charge on any atom is 0.339 e. The molecule has 25 heavy (non-hydrogen) atoms. The molecule has 1 aromatic carbocycles. The number of hydrogen-bond acceptors (Lipinski definition) is 5. The van der Waals surface area contributed by atoms with Crippen molar-refractivity contribution in [2.45, 2.75) is 20.8 Å². The van der Waals surface area contributed by atoms with Gasteiger partial charge in [0, 0.05) is 6.20 Å². The van der Waals surface area contributed by atoms with Crippen LogP contribution in [0.1, 0.15) is 38.9 Å². The highest BCUT2D eigenvalue weighted by Gasteiger charge is 2.27. The molecule has 2 aromatic rings. The highest BCUT2D eigenvalue weighted by Crippen LogP contribution is 2.33. The number of carbonyl (C=O) groups is 2. The molecule has 6 nitrogen and oxygen atoms in total. The summed E-state index contributed by atoms with van der Waals surface area (Å²) in [6, 6.07) is 7.27. The Bertz CT molecular complexity index is 832. The van der Waals surface area contributed by atoms with Gasteiger partial charge in [-0.25, -0.2) is 4.79 Å². The zero-order valence-corrected chi connectivity index (χ0v) is 14.5. The Morgan fingerprint density at radius 3 is 2.84 bits per heavy atom. The highest BCUT2D eigenvalue weighted by molar-refractivity contribution is 6.08. The van der Waals surface area contributed by atoms with Gasteiger partial charge in [0.1, 0.15) is 12.4 Å². The van der Waals surface area contributed by atoms with Crippen LogP contribution in [0.3, 0.4) is 0 Å². The summed E-state index contributed by atoms with van der Waals surface area (Å²) in [5, 5.41) is 0. The molecule has 0 saturated heterocycles. The lowest BCUT2D eigenvalue weighted by Crippen LogP contribution is -2.38. The Labute approximate surface area is 146 Å². The first-order chi connectivity index (χ1) is 12.0. The first-order valence-corrected chi connectivity index (χ1v) is 8.20. The molecule has 130 valence electrons. The van der Waals surface area contributed by atoms with E-state index in [0.717, 1.165) is 11.3 Å². The van der Waals surface area contributed by atoms with E-state index in [0.29, 0.717) is 30.2 Å². The minimum absolute atomic E-state index is 0.204. The number of benzene rings is 1. The van der Waals surface area contributed by atoms with Gasteiger partial charge in [0.05, 0.1) is 35.7 Å². The van der Waals surface area contributed by atoms with Crippen LogP contribution in [-0.4, -0.2) is 36.6 Å². The lowest BCUT2D eigenvalue weighted by atomic mass is 10.1. The third-order valence-corrected chi connectivity index (χ3v) is 4.05. The van der Waals surface area contributed by atoms with Crippen LogP contribution in [0.15, 0.2) is 30.5 Å². The van der Waals surface area contributed by atoms with Crippen LogP contribution in [-0.2, 0) is 4.74 Å². The minimum atomic E-state index is -0.484. The first-order valence-electron chi connectivity index (χ1n) is 8.20. The molecule has 0 unspecified atom stereocenters. The Balaban J connectivity index is 1.97. The third-order valence-electron chi connectivity index (χ3n) is 4.05. The lowest BCUT2D eigenvalue weighted by Gasteiger charge is -2.30. The molecule has 0 spiro atoms. The average Bonchev–Trinajstić information content (AvgIpc) is 2.61.